The van der Waals surface area contributed by atoms with Crippen LogP contribution in [-0.4, -0.2) is 79.2 Å². The molecule has 0 aromatic carbocycles. The number of amides is 1. The van der Waals surface area contributed by atoms with Gasteiger partial charge in [-0.2, -0.15) is 0 Å². The number of hydrazine groups is 1. The maximum atomic E-state index is 13.5. The zero-order valence-electron chi connectivity index (χ0n) is 17.1. The summed E-state index contributed by atoms with van der Waals surface area (Å²) in [6.07, 6.45) is 3.88. The molecule has 30 heavy (non-hydrogen) atoms. The number of methoxy groups -OCH3 is 1. The van der Waals surface area contributed by atoms with Crippen LogP contribution in [0.1, 0.15) is 12.8 Å². The predicted molar refractivity (Wildman–Crippen MR) is 110 cm³/mol. The lowest BCUT2D eigenvalue weighted by Crippen LogP contribution is -2.52. The highest BCUT2D eigenvalue weighted by Gasteiger charge is 2.42. The summed E-state index contributed by atoms with van der Waals surface area (Å²) in [4.78, 5) is 26.7. The van der Waals surface area contributed by atoms with Gasteiger partial charge in [0.05, 0.1) is 24.7 Å². The number of anilines is 1. The molecular weight excluding hydrogens is 396 g/mol. The molecule has 0 aliphatic carbocycles. The highest BCUT2D eigenvalue weighted by Crippen LogP contribution is 2.32. The van der Waals surface area contributed by atoms with Crippen molar-refractivity contribution in [2.24, 2.45) is 15.7 Å². The number of rotatable bonds is 5. The monoisotopic (exact) mass is 421 g/mol. The predicted octanol–water partition coefficient (Wildman–Crippen LogP) is 1.28. The van der Waals surface area contributed by atoms with Crippen molar-refractivity contribution in [3.05, 3.63) is 30.1 Å². The summed E-state index contributed by atoms with van der Waals surface area (Å²) in [5.74, 6) is -2.40. The number of amidine groups is 1. The summed E-state index contributed by atoms with van der Waals surface area (Å²) in [6.45, 7) is 0.0189. The molecule has 0 bridgehead atoms. The van der Waals surface area contributed by atoms with Crippen LogP contribution >= 0.6 is 0 Å². The number of carbonyl (C=O) groups is 1. The fourth-order valence-corrected chi connectivity index (χ4v) is 3.41. The smallest absolute Gasteiger partial charge is 0.251 e. The van der Waals surface area contributed by atoms with Gasteiger partial charge in [-0.15, -0.1) is 0 Å². The van der Waals surface area contributed by atoms with Crippen molar-refractivity contribution < 1.29 is 18.3 Å². The molecule has 1 aromatic rings. The summed E-state index contributed by atoms with van der Waals surface area (Å²) in [5, 5.41) is 3.38. The van der Waals surface area contributed by atoms with Gasteiger partial charge in [0, 0.05) is 46.1 Å². The van der Waals surface area contributed by atoms with Crippen LogP contribution in [0.4, 0.5) is 14.5 Å². The van der Waals surface area contributed by atoms with Crippen LogP contribution in [0.15, 0.2) is 40.1 Å². The summed E-state index contributed by atoms with van der Waals surface area (Å²) in [7, 11) is 4.80. The van der Waals surface area contributed by atoms with Gasteiger partial charge >= 0.3 is 0 Å². The van der Waals surface area contributed by atoms with E-state index in [9.17, 15) is 13.6 Å². The number of ether oxygens (including phenoxy) is 1. The minimum atomic E-state index is -2.73. The Hall–Kier alpha value is -3.08. The molecule has 9 nitrogen and oxygen atoms in total. The topological polar surface area (TPSA) is 99.6 Å². The number of hydrogen-bond acceptors (Lipinski definition) is 6. The Morgan fingerprint density at radius 3 is 2.63 bits per heavy atom. The van der Waals surface area contributed by atoms with E-state index in [-0.39, 0.29) is 37.7 Å². The number of aromatic nitrogens is 1. The largest absolute Gasteiger partial charge is 0.481 e. The Morgan fingerprint density at radius 1 is 1.37 bits per heavy atom. The molecule has 11 heteroatoms. The van der Waals surface area contributed by atoms with Crippen molar-refractivity contribution in [3.63, 3.8) is 0 Å². The second kappa shape index (κ2) is 8.74. The number of nitrogens with zero attached hydrogens (tertiary/aromatic N) is 6. The van der Waals surface area contributed by atoms with Crippen LogP contribution in [0.3, 0.4) is 0 Å². The van der Waals surface area contributed by atoms with Crippen molar-refractivity contribution in [1.29, 1.82) is 0 Å². The van der Waals surface area contributed by atoms with Crippen molar-refractivity contribution in [3.8, 4) is 5.88 Å². The van der Waals surface area contributed by atoms with Crippen LogP contribution in [0.2, 0.25) is 0 Å². The van der Waals surface area contributed by atoms with Gasteiger partial charge in [-0.25, -0.2) is 23.8 Å². The lowest BCUT2D eigenvalue weighted by molar-refractivity contribution is -0.140. The van der Waals surface area contributed by atoms with E-state index in [1.165, 1.54) is 18.3 Å². The summed E-state index contributed by atoms with van der Waals surface area (Å²) >= 11 is 0. The van der Waals surface area contributed by atoms with Crippen molar-refractivity contribution in [2.45, 2.75) is 24.8 Å². The minimum Gasteiger partial charge on any atom is -0.481 e. The maximum absolute atomic E-state index is 13.5. The number of alkyl halides is 2. The molecule has 2 aliphatic rings. The molecular formula is C19H25F2N7O2. The molecule has 3 rings (SSSR count). The molecule has 0 spiro atoms. The number of likely N-dealkylation sites (N-methyl/N-ethyl adjacent to an activating group) is 1. The summed E-state index contributed by atoms with van der Waals surface area (Å²) in [5.41, 5.74) is 7.25. The van der Waals surface area contributed by atoms with Crippen LogP contribution in [0.5, 0.6) is 5.88 Å². The average molecular weight is 421 g/mol. The number of halogens is 2. The second-order valence-corrected chi connectivity index (χ2v) is 7.01. The number of piperidine rings is 1. The fourth-order valence-electron chi connectivity index (χ4n) is 3.41. The minimum absolute atomic E-state index is 0.00943. The first-order valence-corrected chi connectivity index (χ1v) is 9.43. The van der Waals surface area contributed by atoms with E-state index in [1.807, 2.05) is 0 Å². The number of pyridine rings is 1. The van der Waals surface area contributed by atoms with E-state index in [1.54, 1.807) is 48.5 Å². The molecule has 1 amide bonds. The molecule has 1 fully saturated rings. The van der Waals surface area contributed by atoms with Crippen molar-refractivity contribution in [2.75, 3.05) is 39.3 Å². The first kappa shape index (κ1) is 21.6. The molecule has 0 saturated carbocycles. The number of aliphatic imine (C=N–C) groups is 2. The average Bonchev–Trinajstić information content (AvgIpc) is 3.08. The highest BCUT2D eigenvalue weighted by molar-refractivity contribution is 6.05. The van der Waals surface area contributed by atoms with Gasteiger partial charge in [-0.05, 0) is 12.1 Å². The third kappa shape index (κ3) is 4.40. The molecule has 1 saturated heterocycles. The molecule has 2 aliphatic heterocycles. The van der Waals surface area contributed by atoms with Gasteiger partial charge in [0.2, 0.25) is 11.8 Å². The van der Waals surface area contributed by atoms with Gasteiger partial charge in [0.25, 0.3) is 5.92 Å². The standard InChI is InChI=1S/C19H25F2N7O2/c1-23-12-25-17(22)14-10-15(18(29)27-8-6-19(20,21)7-9-27)26(2)28(14)13-4-5-16(30-3)24-11-13/h4-5,10-12,15H,6-9H2,1-3H3,(H2,22,23,25). The van der Waals surface area contributed by atoms with E-state index in [0.717, 1.165) is 0 Å². The normalized spacial score (nSPS) is 22.5. The van der Waals surface area contributed by atoms with Crippen molar-refractivity contribution >= 4 is 23.8 Å². The molecule has 1 unspecified atom stereocenters. The molecule has 1 aromatic heterocycles. The lowest BCUT2D eigenvalue weighted by atomic mass is 10.1. The van der Waals surface area contributed by atoms with E-state index in [4.69, 9.17) is 10.5 Å². The van der Waals surface area contributed by atoms with Gasteiger partial charge in [-0.3, -0.25) is 14.8 Å². The molecule has 1 atom stereocenters. The quantitative estimate of drug-likeness (QED) is 0.568. The molecule has 0 radical (unpaired) electrons. The summed E-state index contributed by atoms with van der Waals surface area (Å²) < 4.78 is 32.1. The first-order chi connectivity index (χ1) is 14.3. The highest BCUT2D eigenvalue weighted by atomic mass is 19.3. The number of nitrogens with two attached hydrogens (primary N) is 1. The van der Waals surface area contributed by atoms with Crippen LogP contribution in [0, 0.1) is 0 Å². The van der Waals surface area contributed by atoms with Gasteiger partial charge in [0.1, 0.15) is 18.2 Å². The Morgan fingerprint density at radius 2 is 2.07 bits per heavy atom. The molecule has 3 heterocycles. The first-order valence-electron chi connectivity index (χ1n) is 9.43. The Labute approximate surface area is 173 Å². The third-order valence-electron chi connectivity index (χ3n) is 5.07. The SMILES string of the molecule is CN=CN=C(N)C1=CC(C(=O)N2CCC(F)(F)CC2)N(C)N1c1ccc(OC)nc1. The number of likely N-dealkylation sites (tertiary alicyclic amines) is 1. The fraction of sp³-hybridized carbons (Fsp3) is 0.474. The van der Waals surface area contributed by atoms with Crippen molar-refractivity contribution in [1.82, 2.24) is 14.9 Å². The number of carbonyl (C=O) groups excluding carboxylic acids is 1. The third-order valence-corrected chi connectivity index (χ3v) is 5.07. The Kier molecular flexibility index (Phi) is 6.30. The van der Waals surface area contributed by atoms with Crippen LogP contribution in [0.25, 0.3) is 0 Å². The summed E-state index contributed by atoms with van der Waals surface area (Å²) in [6, 6.07) is 2.73. The van der Waals surface area contributed by atoms with E-state index in [2.05, 4.69) is 15.0 Å². The number of hydrogen-bond donors (Lipinski definition) is 1. The van der Waals surface area contributed by atoms with Crippen LogP contribution < -0.4 is 15.5 Å². The van der Waals surface area contributed by atoms with Gasteiger partial charge in [-0.1, -0.05) is 0 Å². The van der Waals surface area contributed by atoms with Gasteiger partial charge < -0.3 is 15.4 Å². The maximum Gasteiger partial charge on any atom is 0.251 e. The van der Waals surface area contributed by atoms with E-state index in [0.29, 0.717) is 17.3 Å². The lowest BCUT2D eigenvalue weighted by Gasteiger charge is -2.36. The van der Waals surface area contributed by atoms with E-state index >= 15 is 0 Å². The van der Waals surface area contributed by atoms with Crippen LogP contribution in [-0.2, 0) is 4.79 Å². The van der Waals surface area contributed by atoms with E-state index < -0.39 is 12.0 Å². The zero-order valence-corrected chi connectivity index (χ0v) is 17.1. The molecule has 162 valence electrons. The zero-order chi connectivity index (χ0) is 21.9. The van der Waals surface area contributed by atoms with Gasteiger partial charge in [0.15, 0.2) is 0 Å². The Balaban J connectivity index is 1.91. The second-order valence-electron chi connectivity index (χ2n) is 7.01. The molecule has 2 N–H and O–H groups in total. The Bertz CT molecular complexity index is 860.